The van der Waals surface area contributed by atoms with Gasteiger partial charge >= 0.3 is 0 Å². The van der Waals surface area contributed by atoms with E-state index in [1.165, 1.54) is 17.3 Å². The van der Waals surface area contributed by atoms with E-state index in [2.05, 4.69) is 15.3 Å². The second kappa shape index (κ2) is 7.01. The Morgan fingerprint density at radius 1 is 1.04 bits per heavy atom. The third-order valence-electron chi connectivity index (χ3n) is 3.66. The van der Waals surface area contributed by atoms with Gasteiger partial charge in [0.2, 0.25) is 5.91 Å². The van der Waals surface area contributed by atoms with Crippen LogP contribution in [0.5, 0.6) is 0 Å². The van der Waals surface area contributed by atoms with Crippen LogP contribution in [0.3, 0.4) is 0 Å². The van der Waals surface area contributed by atoms with Crippen LogP contribution in [-0.2, 0) is 4.79 Å². The molecule has 0 aliphatic heterocycles. The van der Waals surface area contributed by atoms with E-state index >= 15 is 0 Å². The lowest BCUT2D eigenvalue weighted by molar-refractivity contribution is -0.115. The predicted octanol–water partition coefficient (Wildman–Crippen LogP) is 4.37. The number of carbonyl (C=O) groups is 1. The lowest BCUT2D eigenvalue weighted by Gasteiger charge is -2.13. The lowest BCUT2D eigenvalue weighted by atomic mass is 10.2. The number of nitrogens with zero attached hydrogens (tertiary/aromatic N) is 2. The molecule has 1 amide bonds. The van der Waals surface area contributed by atoms with Gasteiger partial charge < -0.3 is 5.32 Å². The molecule has 0 saturated carbocycles. The molecule has 4 nitrogen and oxygen atoms in total. The Morgan fingerprint density at radius 2 is 1.75 bits per heavy atom. The van der Waals surface area contributed by atoms with Crippen molar-refractivity contribution in [1.29, 1.82) is 0 Å². The summed E-state index contributed by atoms with van der Waals surface area (Å²) in [6.45, 7) is 5.78. The first kappa shape index (κ1) is 16.5. The number of para-hydroxylation sites is 1. The molecule has 1 aromatic heterocycles. The average Bonchev–Trinajstić information content (AvgIpc) is 2.56. The van der Waals surface area contributed by atoms with E-state index in [1.807, 2.05) is 69.3 Å². The molecular weight excluding hydrogens is 318 g/mol. The molecular formula is C19H19N3OS. The zero-order valence-corrected chi connectivity index (χ0v) is 14.7. The van der Waals surface area contributed by atoms with Crippen LogP contribution in [0.25, 0.3) is 10.9 Å². The van der Waals surface area contributed by atoms with Gasteiger partial charge in [-0.3, -0.25) is 4.79 Å². The largest absolute Gasteiger partial charge is 0.325 e. The third kappa shape index (κ3) is 3.74. The van der Waals surface area contributed by atoms with Gasteiger partial charge in [-0.05, 0) is 39.0 Å². The number of carbonyl (C=O) groups excluding carboxylic acids is 1. The molecule has 1 N–H and O–H groups in total. The topological polar surface area (TPSA) is 54.9 Å². The summed E-state index contributed by atoms with van der Waals surface area (Å²) in [6.07, 6.45) is 0. The summed E-state index contributed by atoms with van der Waals surface area (Å²) in [4.78, 5) is 21.4. The highest BCUT2D eigenvalue weighted by molar-refractivity contribution is 8.00. The predicted molar refractivity (Wildman–Crippen MR) is 99.4 cm³/mol. The number of aromatic nitrogens is 2. The molecule has 1 heterocycles. The number of thioether (sulfide) groups is 1. The number of hydrogen-bond acceptors (Lipinski definition) is 4. The number of amides is 1. The van der Waals surface area contributed by atoms with E-state index in [0.717, 1.165) is 21.6 Å². The summed E-state index contributed by atoms with van der Waals surface area (Å²) in [7, 11) is 0. The van der Waals surface area contributed by atoms with E-state index < -0.39 is 0 Å². The van der Waals surface area contributed by atoms with Crippen molar-refractivity contribution in [3.63, 3.8) is 0 Å². The summed E-state index contributed by atoms with van der Waals surface area (Å²) in [5.41, 5.74) is 2.87. The van der Waals surface area contributed by atoms with E-state index in [0.29, 0.717) is 5.82 Å². The second-order valence-corrected chi connectivity index (χ2v) is 7.04. The maximum Gasteiger partial charge on any atom is 0.237 e. The molecule has 0 saturated heterocycles. The molecule has 24 heavy (non-hydrogen) atoms. The molecule has 0 bridgehead atoms. The standard InChI is InChI=1S/C19H19N3OS/c1-12-8-10-15(11-9-12)22-18(23)13(2)24-19-16-6-4-5-7-17(16)20-14(3)21-19/h4-11,13H,1-3H3,(H,22,23)/t13-/m1/s1. The van der Waals surface area contributed by atoms with Gasteiger partial charge in [0.25, 0.3) is 0 Å². The molecule has 0 spiro atoms. The Kier molecular flexibility index (Phi) is 4.81. The van der Waals surface area contributed by atoms with Crippen LogP contribution in [-0.4, -0.2) is 21.1 Å². The summed E-state index contributed by atoms with van der Waals surface area (Å²) >= 11 is 1.45. The first-order valence-electron chi connectivity index (χ1n) is 7.80. The fraction of sp³-hybridized carbons (Fsp3) is 0.211. The number of anilines is 1. The number of hydrogen-bond donors (Lipinski definition) is 1. The van der Waals surface area contributed by atoms with Crippen LogP contribution in [0.1, 0.15) is 18.3 Å². The van der Waals surface area contributed by atoms with Crippen molar-refractivity contribution in [2.24, 2.45) is 0 Å². The molecule has 3 aromatic rings. The Labute approximate surface area is 145 Å². The van der Waals surface area contributed by atoms with Crippen LogP contribution in [0.4, 0.5) is 5.69 Å². The molecule has 0 aliphatic carbocycles. The molecule has 0 aliphatic rings. The number of fused-ring (bicyclic) bond motifs is 1. The molecule has 0 fully saturated rings. The van der Waals surface area contributed by atoms with Crippen molar-refractivity contribution in [2.75, 3.05) is 5.32 Å². The van der Waals surface area contributed by atoms with Gasteiger partial charge in [0.05, 0.1) is 10.8 Å². The highest BCUT2D eigenvalue weighted by Crippen LogP contribution is 2.29. The highest BCUT2D eigenvalue weighted by atomic mass is 32.2. The minimum atomic E-state index is -0.260. The molecule has 5 heteroatoms. The smallest absolute Gasteiger partial charge is 0.237 e. The lowest BCUT2D eigenvalue weighted by Crippen LogP contribution is -2.22. The van der Waals surface area contributed by atoms with Crippen LogP contribution in [0, 0.1) is 13.8 Å². The monoisotopic (exact) mass is 337 g/mol. The SMILES string of the molecule is Cc1ccc(NC(=O)[C@@H](C)Sc2nc(C)nc3ccccc23)cc1. The molecule has 0 radical (unpaired) electrons. The van der Waals surface area contributed by atoms with Crippen LogP contribution in [0.15, 0.2) is 53.6 Å². The van der Waals surface area contributed by atoms with Gasteiger partial charge in [-0.2, -0.15) is 0 Å². The summed E-state index contributed by atoms with van der Waals surface area (Å²) in [6, 6.07) is 15.7. The van der Waals surface area contributed by atoms with Gasteiger partial charge in [0.15, 0.2) is 0 Å². The van der Waals surface area contributed by atoms with Gasteiger partial charge in [-0.25, -0.2) is 9.97 Å². The van der Waals surface area contributed by atoms with Gasteiger partial charge in [-0.1, -0.05) is 47.7 Å². The van der Waals surface area contributed by atoms with Gasteiger partial charge in [0, 0.05) is 11.1 Å². The van der Waals surface area contributed by atoms with E-state index in [4.69, 9.17) is 0 Å². The van der Waals surface area contributed by atoms with E-state index in [-0.39, 0.29) is 11.2 Å². The van der Waals surface area contributed by atoms with Crippen molar-refractivity contribution in [3.8, 4) is 0 Å². The number of benzene rings is 2. The normalized spacial score (nSPS) is 12.1. The number of aryl methyl sites for hydroxylation is 2. The third-order valence-corrected chi connectivity index (χ3v) is 4.76. The van der Waals surface area contributed by atoms with E-state index in [1.54, 1.807) is 0 Å². The highest BCUT2D eigenvalue weighted by Gasteiger charge is 2.17. The fourth-order valence-corrected chi connectivity index (χ4v) is 3.34. The van der Waals surface area contributed by atoms with Crippen molar-refractivity contribution in [1.82, 2.24) is 9.97 Å². The average molecular weight is 337 g/mol. The molecule has 1 atom stereocenters. The first-order chi connectivity index (χ1) is 11.5. The molecule has 122 valence electrons. The second-order valence-electron chi connectivity index (χ2n) is 5.71. The molecule has 3 rings (SSSR count). The summed E-state index contributed by atoms with van der Waals surface area (Å²) in [5.74, 6) is 0.673. The summed E-state index contributed by atoms with van der Waals surface area (Å²) in [5, 5.41) is 4.50. The maximum absolute atomic E-state index is 12.4. The van der Waals surface area contributed by atoms with E-state index in [9.17, 15) is 4.79 Å². The van der Waals surface area contributed by atoms with Crippen LogP contribution < -0.4 is 5.32 Å². The zero-order valence-electron chi connectivity index (χ0n) is 13.9. The first-order valence-corrected chi connectivity index (χ1v) is 8.68. The zero-order chi connectivity index (χ0) is 17.1. The molecule has 0 unspecified atom stereocenters. The Balaban J connectivity index is 1.78. The van der Waals surface area contributed by atoms with Crippen molar-refractivity contribution < 1.29 is 4.79 Å². The Hall–Kier alpha value is -2.40. The van der Waals surface area contributed by atoms with Crippen LogP contribution in [0.2, 0.25) is 0 Å². The minimum absolute atomic E-state index is 0.0378. The Bertz CT molecular complexity index is 877. The summed E-state index contributed by atoms with van der Waals surface area (Å²) < 4.78 is 0. The minimum Gasteiger partial charge on any atom is -0.325 e. The quantitative estimate of drug-likeness (QED) is 0.567. The van der Waals surface area contributed by atoms with Crippen LogP contribution >= 0.6 is 11.8 Å². The Morgan fingerprint density at radius 3 is 2.50 bits per heavy atom. The number of rotatable bonds is 4. The maximum atomic E-state index is 12.4. The van der Waals surface area contributed by atoms with Crippen molar-refractivity contribution >= 4 is 34.3 Å². The van der Waals surface area contributed by atoms with Crippen molar-refractivity contribution in [3.05, 3.63) is 59.9 Å². The fourth-order valence-electron chi connectivity index (χ4n) is 2.35. The number of nitrogens with one attached hydrogen (secondary N) is 1. The molecule has 2 aromatic carbocycles. The van der Waals surface area contributed by atoms with Gasteiger partial charge in [-0.15, -0.1) is 0 Å². The van der Waals surface area contributed by atoms with Gasteiger partial charge in [0.1, 0.15) is 10.9 Å². The van der Waals surface area contributed by atoms with Crippen molar-refractivity contribution in [2.45, 2.75) is 31.0 Å².